The van der Waals surface area contributed by atoms with Gasteiger partial charge in [-0.15, -0.1) is 12.4 Å². The summed E-state index contributed by atoms with van der Waals surface area (Å²) in [7, 11) is 0. The lowest BCUT2D eigenvalue weighted by Gasteiger charge is -2.14. The monoisotopic (exact) mass is 395 g/mol. The molecule has 2 heterocycles. The Morgan fingerprint density at radius 2 is 2.08 bits per heavy atom. The Kier molecular flexibility index (Phi) is 6.34. The van der Waals surface area contributed by atoms with E-state index in [9.17, 15) is 9.18 Å². The molecule has 0 saturated heterocycles. The van der Waals surface area contributed by atoms with Crippen LogP contribution in [0.5, 0.6) is 0 Å². The third-order valence-corrected chi connectivity index (χ3v) is 3.79. The summed E-state index contributed by atoms with van der Waals surface area (Å²) in [5.74, 6) is -1.05. The van der Waals surface area contributed by atoms with Gasteiger partial charge in [0, 0.05) is 22.3 Å². The van der Waals surface area contributed by atoms with Crippen LogP contribution in [0, 0.1) is 12.7 Å². The molecule has 0 aliphatic rings. The normalized spacial score (nSPS) is 10.3. The molecule has 0 bridgehead atoms. The van der Waals surface area contributed by atoms with Gasteiger partial charge in [-0.3, -0.25) is 0 Å². The predicted molar refractivity (Wildman–Crippen MR) is 102 cm³/mol. The SMILES string of the molecule is CCOC(=O)c1cnc2nc(C)ccc2c1Nc1cc(Cl)ccc1F.Cl. The first-order chi connectivity index (χ1) is 12.0. The maximum absolute atomic E-state index is 14.1. The van der Waals surface area contributed by atoms with Gasteiger partial charge in [0.15, 0.2) is 5.65 Å². The zero-order valence-corrected chi connectivity index (χ0v) is 15.6. The van der Waals surface area contributed by atoms with Gasteiger partial charge in [0.25, 0.3) is 0 Å². The molecule has 1 aromatic carbocycles. The van der Waals surface area contributed by atoms with Crippen LogP contribution in [-0.2, 0) is 4.74 Å². The number of anilines is 2. The lowest BCUT2D eigenvalue weighted by molar-refractivity contribution is 0.0527. The van der Waals surface area contributed by atoms with Crippen LogP contribution < -0.4 is 5.32 Å². The summed E-state index contributed by atoms with van der Waals surface area (Å²) in [5, 5.41) is 3.89. The largest absolute Gasteiger partial charge is 0.462 e. The van der Waals surface area contributed by atoms with Crippen molar-refractivity contribution in [2.24, 2.45) is 0 Å². The number of hydrogen-bond acceptors (Lipinski definition) is 5. The highest BCUT2D eigenvalue weighted by Gasteiger charge is 2.18. The first-order valence-corrected chi connectivity index (χ1v) is 8.03. The molecule has 0 spiro atoms. The van der Waals surface area contributed by atoms with E-state index < -0.39 is 11.8 Å². The molecule has 0 amide bonds. The van der Waals surface area contributed by atoms with E-state index in [1.165, 1.54) is 24.4 Å². The molecule has 0 atom stereocenters. The van der Waals surface area contributed by atoms with Crippen LogP contribution in [0.3, 0.4) is 0 Å². The summed E-state index contributed by atoms with van der Waals surface area (Å²) in [5.41, 5.74) is 1.93. The second-order valence-corrected chi connectivity index (χ2v) is 5.78. The molecule has 0 radical (unpaired) electrons. The van der Waals surface area contributed by atoms with E-state index in [-0.39, 0.29) is 30.3 Å². The average Bonchev–Trinajstić information content (AvgIpc) is 2.58. The first-order valence-electron chi connectivity index (χ1n) is 7.65. The summed E-state index contributed by atoms with van der Waals surface area (Å²) in [4.78, 5) is 20.8. The highest BCUT2D eigenvalue weighted by atomic mass is 35.5. The van der Waals surface area contributed by atoms with Crippen molar-refractivity contribution < 1.29 is 13.9 Å². The molecule has 0 fully saturated rings. The Hall–Kier alpha value is -2.44. The smallest absolute Gasteiger partial charge is 0.341 e. The number of benzene rings is 1. The van der Waals surface area contributed by atoms with Gasteiger partial charge in [-0.05, 0) is 44.2 Å². The van der Waals surface area contributed by atoms with E-state index in [1.807, 2.05) is 6.92 Å². The van der Waals surface area contributed by atoms with Crippen molar-refractivity contribution in [3.05, 3.63) is 58.6 Å². The Balaban J connectivity index is 0.00000243. The maximum atomic E-state index is 14.1. The number of pyridine rings is 2. The van der Waals surface area contributed by atoms with Gasteiger partial charge in [-0.1, -0.05) is 11.6 Å². The van der Waals surface area contributed by atoms with Crippen LogP contribution in [0.4, 0.5) is 15.8 Å². The third kappa shape index (κ3) is 4.03. The molecular weight excluding hydrogens is 380 g/mol. The fraction of sp³-hybridized carbons (Fsp3) is 0.167. The number of hydrogen-bond donors (Lipinski definition) is 1. The topological polar surface area (TPSA) is 64.1 Å². The number of nitrogens with one attached hydrogen (secondary N) is 1. The first kappa shape index (κ1) is 19.9. The van der Waals surface area contributed by atoms with Crippen molar-refractivity contribution in [2.45, 2.75) is 13.8 Å². The van der Waals surface area contributed by atoms with Gasteiger partial charge in [0.2, 0.25) is 0 Å². The van der Waals surface area contributed by atoms with Gasteiger partial charge >= 0.3 is 5.97 Å². The van der Waals surface area contributed by atoms with E-state index in [0.717, 1.165) is 5.69 Å². The summed E-state index contributed by atoms with van der Waals surface area (Å²) in [6.45, 7) is 3.76. The minimum Gasteiger partial charge on any atom is -0.462 e. The number of fused-ring (bicyclic) bond motifs is 1. The molecule has 5 nitrogen and oxygen atoms in total. The quantitative estimate of drug-likeness (QED) is 0.624. The number of halogens is 3. The number of esters is 1. The van der Waals surface area contributed by atoms with Crippen LogP contribution in [0.2, 0.25) is 5.02 Å². The summed E-state index contributed by atoms with van der Waals surface area (Å²) in [6, 6.07) is 7.71. The van der Waals surface area contributed by atoms with Crippen molar-refractivity contribution in [3.63, 3.8) is 0 Å². The van der Waals surface area contributed by atoms with Crippen LogP contribution >= 0.6 is 24.0 Å². The minimum absolute atomic E-state index is 0. The van der Waals surface area contributed by atoms with Gasteiger partial charge in [-0.25, -0.2) is 19.2 Å². The number of carbonyl (C=O) groups excluding carboxylic acids is 1. The van der Waals surface area contributed by atoms with Crippen molar-refractivity contribution in [1.82, 2.24) is 9.97 Å². The fourth-order valence-corrected chi connectivity index (χ4v) is 2.57. The van der Waals surface area contributed by atoms with E-state index >= 15 is 0 Å². The molecule has 26 heavy (non-hydrogen) atoms. The maximum Gasteiger partial charge on any atom is 0.341 e. The van der Waals surface area contributed by atoms with Crippen LogP contribution in [0.15, 0.2) is 36.5 Å². The standard InChI is InChI=1S/C18H15ClFN3O2.ClH/c1-3-25-18(24)13-9-21-17-12(6-4-10(2)22-17)16(13)23-15-8-11(19)5-7-14(15)20;/h4-9H,3H2,1-2H3,(H,21,22,23);1H. The number of rotatable bonds is 4. The molecule has 2 aromatic heterocycles. The Labute approximate surface area is 161 Å². The molecule has 136 valence electrons. The summed E-state index contributed by atoms with van der Waals surface area (Å²) in [6.07, 6.45) is 1.37. The van der Waals surface area contributed by atoms with E-state index in [4.69, 9.17) is 16.3 Å². The molecule has 3 rings (SSSR count). The fourth-order valence-electron chi connectivity index (χ4n) is 2.40. The zero-order chi connectivity index (χ0) is 18.0. The van der Waals surface area contributed by atoms with Crippen LogP contribution in [-0.4, -0.2) is 22.5 Å². The second kappa shape index (κ2) is 8.29. The Bertz CT molecular complexity index is 967. The summed E-state index contributed by atoms with van der Waals surface area (Å²) >= 11 is 5.95. The number of aromatic nitrogens is 2. The van der Waals surface area contributed by atoms with Crippen molar-refractivity contribution in [3.8, 4) is 0 Å². The molecule has 3 aromatic rings. The highest BCUT2D eigenvalue weighted by molar-refractivity contribution is 6.30. The van der Waals surface area contributed by atoms with E-state index in [0.29, 0.717) is 21.7 Å². The van der Waals surface area contributed by atoms with Crippen molar-refractivity contribution >= 4 is 52.4 Å². The third-order valence-electron chi connectivity index (χ3n) is 3.55. The minimum atomic E-state index is -0.553. The molecule has 8 heteroatoms. The van der Waals surface area contributed by atoms with E-state index in [1.54, 1.807) is 19.1 Å². The van der Waals surface area contributed by atoms with Gasteiger partial charge in [0.05, 0.1) is 18.0 Å². The van der Waals surface area contributed by atoms with E-state index in [2.05, 4.69) is 15.3 Å². The Morgan fingerprint density at radius 3 is 2.81 bits per heavy atom. The lowest BCUT2D eigenvalue weighted by Crippen LogP contribution is -2.10. The van der Waals surface area contributed by atoms with Crippen LogP contribution in [0.1, 0.15) is 23.0 Å². The predicted octanol–water partition coefficient (Wildman–Crippen LogP) is 5.07. The second-order valence-electron chi connectivity index (χ2n) is 5.34. The average molecular weight is 396 g/mol. The van der Waals surface area contributed by atoms with Gasteiger partial charge < -0.3 is 10.1 Å². The molecule has 1 N–H and O–H groups in total. The van der Waals surface area contributed by atoms with Crippen molar-refractivity contribution in [1.29, 1.82) is 0 Å². The number of aryl methyl sites for hydroxylation is 1. The molecule has 0 saturated carbocycles. The summed E-state index contributed by atoms with van der Waals surface area (Å²) < 4.78 is 19.2. The number of nitrogens with zero attached hydrogens (tertiary/aromatic N) is 2. The lowest BCUT2D eigenvalue weighted by atomic mass is 10.1. The molecule has 0 unspecified atom stereocenters. The molecule has 0 aliphatic heterocycles. The number of ether oxygens (including phenoxy) is 1. The number of carbonyl (C=O) groups is 1. The van der Waals surface area contributed by atoms with Gasteiger partial charge in [-0.2, -0.15) is 0 Å². The molecule has 0 aliphatic carbocycles. The van der Waals surface area contributed by atoms with Gasteiger partial charge in [0.1, 0.15) is 11.4 Å². The van der Waals surface area contributed by atoms with Crippen LogP contribution in [0.25, 0.3) is 11.0 Å². The zero-order valence-electron chi connectivity index (χ0n) is 14.0. The molecular formula is C18H16Cl2FN3O2. The Morgan fingerprint density at radius 1 is 1.31 bits per heavy atom. The highest BCUT2D eigenvalue weighted by Crippen LogP contribution is 2.31. The van der Waals surface area contributed by atoms with Crippen molar-refractivity contribution in [2.75, 3.05) is 11.9 Å².